The average molecular weight is 486 g/mol. The zero-order chi connectivity index (χ0) is 22.4. The summed E-state index contributed by atoms with van der Waals surface area (Å²) < 4.78 is 22.0. The molecular weight excluding hydrogens is 461 g/mol. The average Bonchev–Trinajstić information content (AvgIpc) is 3.44. The van der Waals surface area contributed by atoms with Crippen molar-refractivity contribution in [1.82, 2.24) is 15.2 Å². The predicted octanol–water partition coefficient (Wildman–Crippen LogP) is 3.50. The maximum Gasteiger partial charge on any atom is 0.263 e. The first-order valence-electron chi connectivity index (χ1n) is 11.4. The van der Waals surface area contributed by atoms with Crippen LogP contribution in [-0.2, 0) is 6.42 Å². The highest BCUT2D eigenvalue weighted by Gasteiger charge is 2.54. The molecular formula is C23H24FN5O2S2. The molecule has 0 aliphatic carbocycles. The van der Waals surface area contributed by atoms with Crippen molar-refractivity contribution in [2.24, 2.45) is 0 Å². The van der Waals surface area contributed by atoms with Crippen LogP contribution in [0.2, 0.25) is 0 Å². The van der Waals surface area contributed by atoms with Gasteiger partial charge in [0.25, 0.3) is 5.91 Å². The van der Waals surface area contributed by atoms with Gasteiger partial charge in [-0.1, -0.05) is 0 Å². The van der Waals surface area contributed by atoms with Crippen molar-refractivity contribution in [1.29, 1.82) is 0 Å². The van der Waals surface area contributed by atoms with Crippen molar-refractivity contribution in [3.8, 4) is 5.75 Å². The van der Waals surface area contributed by atoms with E-state index in [1.165, 1.54) is 41.9 Å². The molecule has 3 saturated heterocycles. The molecule has 3 N–H and O–H groups in total. The van der Waals surface area contributed by atoms with Gasteiger partial charge in [0.1, 0.15) is 27.9 Å². The first kappa shape index (κ1) is 20.0. The number of fused-ring (bicyclic) bond motifs is 2. The van der Waals surface area contributed by atoms with Gasteiger partial charge in [-0.05, 0) is 32.3 Å². The summed E-state index contributed by atoms with van der Waals surface area (Å²) in [5.41, 5.74) is 8.10. The van der Waals surface area contributed by atoms with Gasteiger partial charge in [0, 0.05) is 42.4 Å². The number of nitrogens with zero attached hydrogens (tertiary/aromatic N) is 3. The fraction of sp³-hybridized carbons (Fsp3) is 0.478. The van der Waals surface area contributed by atoms with Crippen LogP contribution in [0.15, 0.2) is 12.1 Å². The molecule has 33 heavy (non-hydrogen) atoms. The Morgan fingerprint density at radius 3 is 2.97 bits per heavy atom. The second kappa shape index (κ2) is 7.04. The number of halogens is 1. The lowest BCUT2D eigenvalue weighted by Crippen LogP contribution is -2.55. The number of thiazole rings is 1. The van der Waals surface area contributed by atoms with Crippen LogP contribution in [0.5, 0.6) is 5.75 Å². The number of ether oxygens (including phenoxy) is 1. The topological polar surface area (TPSA) is 83.7 Å². The Balaban J connectivity index is 1.09. The number of hydrogen-bond acceptors (Lipinski definition) is 8. The minimum Gasteiger partial charge on any atom is -0.491 e. The number of nitrogens with two attached hydrogens (primary N) is 1. The lowest BCUT2D eigenvalue weighted by Gasteiger charge is -2.45. The van der Waals surface area contributed by atoms with Gasteiger partial charge in [0.2, 0.25) is 0 Å². The van der Waals surface area contributed by atoms with Gasteiger partial charge in [0.15, 0.2) is 0 Å². The van der Waals surface area contributed by atoms with Crippen LogP contribution in [0.4, 0.5) is 15.8 Å². The number of nitrogen functional groups attached to an aromatic ring is 1. The number of carbonyl (C=O) groups is 1. The van der Waals surface area contributed by atoms with Crippen molar-refractivity contribution < 1.29 is 13.9 Å². The van der Waals surface area contributed by atoms with Gasteiger partial charge in [-0.15, -0.1) is 22.7 Å². The SMILES string of the molecule is Cc1nc2sc(C(=O)N[C@H]3COc4cc(N5CC6CCC7CC5N76)cc(F)c4C3)c(N)c2s1. The molecule has 7 nitrogen and oxygen atoms in total. The summed E-state index contributed by atoms with van der Waals surface area (Å²) in [6.45, 7) is 3.19. The molecule has 10 heteroatoms. The molecule has 1 aromatic carbocycles. The number of carbonyl (C=O) groups excluding carboxylic acids is 1. The van der Waals surface area contributed by atoms with Crippen LogP contribution in [0.1, 0.15) is 39.5 Å². The molecule has 4 aliphatic heterocycles. The van der Waals surface area contributed by atoms with Gasteiger partial charge >= 0.3 is 0 Å². The molecule has 2 aromatic heterocycles. The molecule has 7 rings (SSSR count). The van der Waals surface area contributed by atoms with E-state index in [4.69, 9.17) is 10.5 Å². The maximum absolute atomic E-state index is 15.2. The van der Waals surface area contributed by atoms with Crippen molar-refractivity contribution in [3.63, 3.8) is 0 Å². The number of thiophene rings is 1. The normalized spacial score (nSPS) is 27.9. The highest BCUT2D eigenvalue weighted by molar-refractivity contribution is 7.29. The number of aromatic nitrogens is 1. The third-order valence-corrected chi connectivity index (χ3v) is 9.80. The standard InChI is InChI=1S/C23H24FN5O2S2/c1-10-26-23-21(32-10)19(25)20(33-23)22(30)27-11-4-15-16(24)5-14(6-17(15)31-9-11)28-8-13-3-2-12-7-18(28)29(12)13/h5-6,11-13,18H,2-4,7-9,25H2,1H3,(H,27,30)/t11-,12?,13?,18?/m1/s1. The summed E-state index contributed by atoms with van der Waals surface area (Å²) in [5.74, 6) is 0.0705. The first-order valence-corrected chi connectivity index (χ1v) is 13.0. The maximum atomic E-state index is 15.2. The van der Waals surface area contributed by atoms with E-state index < -0.39 is 0 Å². The van der Waals surface area contributed by atoms with Crippen LogP contribution >= 0.6 is 22.7 Å². The summed E-state index contributed by atoms with van der Waals surface area (Å²) in [6.07, 6.45) is 4.51. The Morgan fingerprint density at radius 1 is 1.30 bits per heavy atom. The summed E-state index contributed by atoms with van der Waals surface area (Å²) in [6, 6.07) is 4.63. The van der Waals surface area contributed by atoms with Crippen LogP contribution < -0.4 is 20.7 Å². The smallest absolute Gasteiger partial charge is 0.263 e. The molecule has 0 saturated carbocycles. The van der Waals surface area contributed by atoms with E-state index in [-0.39, 0.29) is 17.8 Å². The molecule has 3 fully saturated rings. The van der Waals surface area contributed by atoms with E-state index in [2.05, 4.69) is 20.1 Å². The fourth-order valence-corrected chi connectivity index (χ4v) is 8.13. The minimum absolute atomic E-state index is 0.258. The molecule has 6 heterocycles. The zero-order valence-electron chi connectivity index (χ0n) is 18.1. The van der Waals surface area contributed by atoms with Gasteiger partial charge in [0.05, 0.1) is 27.6 Å². The van der Waals surface area contributed by atoms with E-state index in [9.17, 15) is 4.79 Å². The Labute approximate surface area is 198 Å². The van der Waals surface area contributed by atoms with E-state index >= 15 is 4.39 Å². The molecule has 0 bridgehead atoms. The second-order valence-electron chi connectivity index (χ2n) is 9.50. The molecule has 3 unspecified atom stereocenters. The largest absolute Gasteiger partial charge is 0.491 e. The number of anilines is 2. The van der Waals surface area contributed by atoms with E-state index in [1.54, 1.807) is 6.07 Å². The summed E-state index contributed by atoms with van der Waals surface area (Å²) in [7, 11) is 0. The fourth-order valence-electron chi connectivity index (χ4n) is 6.03. The lowest BCUT2D eigenvalue weighted by atomic mass is 9.98. The van der Waals surface area contributed by atoms with Crippen molar-refractivity contribution >= 4 is 49.5 Å². The number of nitrogens with one attached hydrogen (secondary N) is 1. The molecule has 1 amide bonds. The lowest BCUT2D eigenvalue weighted by molar-refractivity contribution is 0.0644. The van der Waals surface area contributed by atoms with Crippen LogP contribution in [0, 0.1) is 12.7 Å². The van der Waals surface area contributed by atoms with E-state index in [0.29, 0.717) is 47.1 Å². The molecule has 3 aromatic rings. The number of amides is 1. The number of aryl methyl sites for hydroxylation is 1. The van der Waals surface area contributed by atoms with Gasteiger partial charge in [-0.25, -0.2) is 9.37 Å². The molecule has 4 atom stereocenters. The summed E-state index contributed by atoms with van der Waals surface area (Å²) >= 11 is 2.78. The minimum atomic E-state index is -0.316. The Morgan fingerprint density at radius 2 is 2.15 bits per heavy atom. The van der Waals surface area contributed by atoms with E-state index in [0.717, 1.165) is 32.8 Å². The van der Waals surface area contributed by atoms with Crippen LogP contribution in [0.25, 0.3) is 9.53 Å². The Bertz CT molecular complexity index is 1310. The first-order chi connectivity index (χ1) is 16.0. The Kier molecular flexibility index (Phi) is 4.26. The van der Waals surface area contributed by atoms with Gasteiger partial charge in [-0.2, -0.15) is 0 Å². The second-order valence-corrected chi connectivity index (χ2v) is 11.7. The highest BCUT2D eigenvalue weighted by Crippen LogP contribution is 2.48. The summed E-state index contributed by atoms with van der Waals surface area (Å²) in [4.78, 5) is 23.5. The predicted molar refractivity (Wildman–Crippen MR) is 128 cm³/mol. The molecule has 0 spiro atoms. The monoisotopic (exact) mass is 485 g/mol. The number of hydrogen-bond donors (Lipinski definition) is 2. The van der Waals surface area contributed by atoms with Gasteiger partial charge < -0.3 is 20.7 Å². The van der Waals surface area contributed by atoms with Crippen molar-refractivity contribution in [3.05, 3.63) is 33.4 Å². The van der Waals surface area contributed by atoms with Crippen molar-refractivity contribution in [2.45, 2.75) is 56.9 Å². The number of benzene rings is 1. The molecule has 0 radical (unpaired) electrons. The van der Waals surface area contributed by atoms with Crippen LogP contribution in [0.3, 0.4) is 0 Å². The highest BCUT2D eigenvalue weighted by atomic mass is 32.1. The van der Waals surface area contributed by atoms with E-state index in [1.807, 2.05) is 13.0 Å². The van der Waals surface area contributed by atoms with Crippen LogP contribution in [-0.4, -0.2) is 53.2 Å². The number of rotatable bonds is 3. The van der Waals surface area contributed by atoms with Gasteiger partial charge in [-0.3, -0.25) is 9.69 Å². The Hall–Kier alpha value is -2.43. The summed E-state index contributed by atoms with van der Waals surface area (Å²) in [5, 5.41) is 3.90. The molecule has 172 valence electrons. The molecule has 4 aliphatic rings. The quantitative estimate of drug-likeness (QED) is 0.591. The van der Waals surface area contributed by atoms with Crippen molar-refractivity contribution in [2.75, 3.05) is 23.8 Å². The third kappa shape index (κ3) is 2.93. The zero-order valence-corrected chi connectivity index (χ0v) is 19.8. The third-order valence-electron chi connectivity index (χ3n) is 7.56.